The molecule has 1 aliphatic heterocycles. The zero-order valence-electron chi connectivity index (χ0n) is 11.8. The Bertz CT molecular complexity index is 412. The lowest BCUT2D eigenvalue weighted by Crippen LogP contribution is -2.61. The summed E-state index contributed by atoms with van der Waals surface area (Å²) in [4.78, 5) is 33.3. The second-order valence-electron chi connectivity index (χ2n) is 4.44. The molecule has 21 heavy (non-hydrogen) atoms. The number of hydrogen-bond donors (Lipinski definition) is 1. The normalized spacial score (nSPS) is 32.1. The van der Waals surface area contributed by atoms with Gasteiger partial charge >= 0.3 is 17.9 Å². The van der Waals surface area contributed by atoms with Crippen molar-refractivity contribution in [3.63, 3.8) is 0 Å². The molecule has 0 aromatic heterocycles. The average molecular weight is 308 g/mol. The van der Waals surface area contributed by atoms with Crippen molar-refractivity contribution in [2.24, 2.45) is 0 Å². The van der Waals surface area contributed by atoms with E-state index in [1.165, 1.54) is 0 Å². The molecule has 0 unspecified atom stereocenters. The summed E-state index contributed by atoms with van der Waals surface area (Å²) in [5.41, 5.74) is 0. The third-order valence-corrected chi connectivity index (χ3v) is 2.67. The van der Waals surface area contributed by atoms with E-state index in [-0.39, 0.29) is 0 Å². The van der Waals surface area contributed by atoms with Crippen LogP contribution in [-0.4, -0.2) is 60.4 Å². The van der Waals surface area contributed by atoms with Crippen molar-refractivity contribution in [2.75, 3.05) is 6.67 Å². The molecule has 120 valence electrons. The SMILES string of the molecule is CC(=O)O[C@@H]1[C@H](OC(C)=O)[C@@H](O)O[C@H](CF)[C@H]1OC(C)=O. The Morgan fingerprint density at radius 2 is 1.38 bits per heavy atom. The fraction of sp³-hybridized carbons (Fsp3) is 0.750. The Morgan fingerprint density at radius 1 is 0.952 bits per heavy atom. The first kappa shape index (κ1) is 17.3. The van der Waals surface area contributed by atoms with Gasteiger partial charge in [-0.1, -0.05) is 0 Å². The van der Waals surface area contributed by atoms with Crippen molar-refractivity contribution in [2.45, 2.75) is 51.5 Å². The van der Waals surface area contributed by atoms with Crippen LogP contribution in [0.15, 0.2) is 0 Å². The van der Waals surface area contributed by atoms with Gasteiger partial charge in [0.2, 0.25) is 0 Å². The maximum absolute atomic E-state index is 13.0. The highest BCUT2D eigenvalue weighted by Crippen LogP contribution is 2.28. The first-order chi connectivity index (χ1) is 9.76. The lowest BCUT2D eigenvalue weighted by molar-refractivity contribution is -0.292. The molecule has 0 aromatic rings. The van der Waals surface area contributed by atoms with E-state index in [1.54, 1.807) is 0 Å². The summed E-state index contributed by atoms with van der Waals surface area (Å²) in [5, 5.41) is 9.76. The van der Waals surface area contributed by atoms with Crippen molar-refractivity contribution >= 4 is 17.9 Å². The van der Waals surface area contributed by atoms with Gasteiger partial charge in [0.25, 0.3) is 0 Å². The Kier molecular flexibility index (Phi) is 6.03. The molecule has 1 fully saturated rings. The van der Waals surface area contributed by atoms with E-state index in [2.05, 4.69) is 0 Å². The van der Waals surface area contributed by atoms with Crippen molar-refractivity contribution in [3.8, 4) is 0 Å². The second kappa shape index (κ2) is 7.32. The van der Waals surface area contributed by atoms with Crippen LogP contribution in [0.3, 0.4) is 0 Å². The number of aliphatic hydroxyl groups is 1. The Labute approximate surface area is 120 Å². The van der Waals surface area contributed by atoms with Crippen LogP contribution in [-0.2, 0) is 33.3 Å². The van der Waals surface area contributed by atoms with Crippen LogP contribution >= 0.6 is 0 Å². The van der Waals surface area contributed by atoms with E-state index < -0.39 is 55.3 Å². The second-order valence-corrected chi connectivity index (χ2v) is 4.44. The summed E-state index contributed by atoms with van der Waals surface area (Å²) >= 11 is 0. The zero-order valence-corrected chi connectivity index (χ0v) is 11.8. The van der Waals surface area contributed by atoms with E-state index in [4.69, 9.17) is 18.9 Å². The van der Waals surface area contributed by atoms with Gasteiger partial charge in [0.15, 0.2) is 24.6 Å². The summed E-state index contributed by atoms with van der Waals surface area (Å²) in [6.45, 7) is 2.12. The molecule has 9 heteroatoms. The van der Waals surface area contributed by atoms with Gasteiger partial charge in [-0.2, -0.15) is 0 Å². The Morgan fingerprint density at radius 3 is 1.81 bits per heavy atom. The number of ether oxygens (including phenoxy) is 4. The molecule has 1 saturated heterocycles. The summed E-state index contributed by atoms with van der Waals surface area (Å²) < 4.78 is 32.5. The molecule has 1 rings (SSSR count). The summed E-state index contributed by atoms with van der Waals surface area (Å²) in [5.74, 6) is -2.32. The van der Waals surface area contributed by atoms with Crippen LogP contribution in [0.25, 0.3) is 0 Å². The third kappa shape index (κ3) is 4.64. The highest BCUT2D eigenvalue weighted by molar-refractivity contribution is 5.68. The van der Waals surface area contributed by atoms with Crippen LogP contribution in [0.5, 0.6) is 0 Å². The van der Waals surface area contributed by atoms with Gasteiger partial charge in [-0.05, 0) is 0 Å². The van der Waals surface area contributed by atoms with Gasteiger partial charge in [0.1, 0.15) is 12.8 Å². The number of rotatable bonds is 4. The molecule has 0 aromatic carbocycles. The summed E-state index contributed by atoms with van der Waals surface area (Å²) in [6, 6.07) is 0. The molecular formula is C12H17FO8. The summed E-state index contributed by atoms with van der Waals surface area (Å²) in [7, 11) is 0. The van der Waals surface area contributed by atoms with Crippen molar-refractivity contribution < 1.29 is 42.8 Å². The van der Waals surface area contributed by atoms with Crippen LogP contribution in [0.2, 0.25) is 0 Å². The highest BCUT2D eigenvalue weighted by Gasteiger charge is 2.51. The molecule has 8 nitrogen and oxygen atoms in total. The van der Waals surface area contributed by atoms with Gasteiger partial charge in [-0.3, -0.25) is 14.4 Å². The van der Waals surface area contributed by atoms with Crippen molar-refractivity contribution in [1.29, 1.82) is 0 Å². The van der Waals surface area contributed by atoms with Gasteiger partial charge in [-0.15, -0.1) is 0 Å². The molecule has 0 aliphatic carbocycles. The molecule has 0 radical (unpaired) electrons. The molecule has 1 N–H and O–H groups in total. The minimum absolute atomic E-state index is 0.767. The number of carbonyl (C=O) groups excluding carboxylic acids is 3. The largest absolute Gasteiger partial charge is 0.456 e. The number of hydrogen-bond acceptors (Lipinski definition) is 8. The first-order valence-corrected chi connectivity index (χ1v) is 6.17. The monoisotopic (exact) mass is 308 g/mol. The van der Waals surface area contributed by atoms with Gasteiger partial charge in [0, 0.05) is 20.8 Å². The highest BCUT2D eigenvalue weighted by atomic mass is 19.1. The molecule has 1 heterocycles. The van der Waals surface area contributed by atoms with Crippen LogP contribution in [0, 0.1) is 0 Å². The van der Waals surface area contributed by atoms with Crippen LogP contribution in [0.1, 0.15) is 20.8 Å². The molecule has 0 spiro atoms. The van der Waals surface area contributed by atoms with E-state index in [0.29, 0.717) is 0 Å². The lowest BCUT2D eigenvalue weighted by Gasteiger charge is -2.42. The zero-order chi connectivity index (χ0) is 16.2. The minimum Gasteiger partial charge on any atom is -0.456 e. The quantitative estimate of drug-likeness (QED) is 0.545. The Hall–Kier alpha value is -1.74. The van der Waals surface area contributed by atoms with Gasteiger partial charge < -0.3 is 24.1 Å². The van der Waals surface area contributed by atoms with E-state index in [9.17, 15) is 23.9 Å². The first-order valence-electron chi connectivity index (χ1n) is 6.17. The fourth-order valence-corrected chi connectivity index (χ4v) is 2.00. The predicted molar refractivity (Wildman–Crippen MR) is 63.5 cm³/mol. The van der Waals surface area contributed by atoms with E-state index in [1.807, 2.05) is 0 Å². The van der Waals surface area contributed by atoms with Gasteiger partial charge in [0.05, 0.1) is 0 Å². The topological polar surface area (TPSA) is 108 Å². The van der Waals surface area contributed by atoms with Crippen molar-refractivity contribution in [3.05, 3.63) is 0 Å². The fourth-order valence-electron chi connectivity index (χ4n) is 2.00. The number of aliphatic hydroxyl groups excluding tert-OH is 1. The molecule has 0 bridgehead atoms. The third-order valence-electron chi connectivity index (χ3n) is 2.67. The molecule has 1 aliphatic rings. The minimum atomic E-state index is -1.72. The van der Waals surface area contributed by atoms with Crippen LogP contribution in [0.4, 0.5) is 4.39 Å². The molecule has 0 amide bonds. The number of carbonyl (C=O) groups is 3. The Balaban J connectivity index is 3.08. The summed E-state index contributed by atoms with van der Waals surface area (Å²) in [6.07, 6.45) is -7.21. The number of esters is 3. The lowest BCUT2D eigenvalue weighted by atomic mass is 9.98. The maximum atomic E-state index is 13.0. The molecular weight excluding hydrogens is 291 g/mol. The van der Waals surface area contributed by atoms with Crippen molar-refractivity contribution in [1.82, 2.24) is 0 Å². The van der Waals surface area contributed by atoms with E-state index >= 15 is 0 Å². The van der Waals surface area contributed by atoms with Gasteiger partial charge in [-0.25, -0.2) is 4.39 Å². The number of alkyl halides is 1. The smallest absolute Gasteiger partial charge is 0.303 e. The van der Waals surface area contributed by atoms with Crippen LogP contribution < -0.4 is 0 Å². The van der Waals surface area contributed by atoms with E-state index in [0.717, 1.165) is 20.8 Å². The average Bonchev–Trinajstić information content (AvgIpc) is 2.35. The predicted octanol–water partition coefficient (Wildman–Crippen LogP) is -0.532. The standard InChI is InChI=1S/C12H17FO8/c1-5(14)18-9-8(4-13)21-12(17)11(20-7(3)16)10(9)19-6(2)15/h8-12,17H,4H2,1-3H3/t8-,9-,10+,11+,12+/m1/s1. The maximum Gasteiger partial charge on any atom is 0.303 e. The molecule has 0 saturated carbocycles. The molecule has 5 atom stereocenters. The number of halogens is 1.